The standard InChI is InChI=1S/C15H16F2N2OS/c1-9-14(10-4-5-12(16)13(17)7-10)19-15(21-9)18-8-11-3-2-6-20-11/h4-5,7,11H,2-3,6,8H2,1H3,(H,18,19)/t11-/m0/s1. The topological polar surface area (TPSA) is 34.1 Å². The zero-order valence-electron chi connectivity index (χ0n) is 11.7. The highest BCUT2D eigenvalue weighted by atomic mass is 32.1. The van der Waals surface area contributed by atoms with E-state index < -0.39 is 11.6 Å². The Morgan fingerprint density at radius 3 is 2.95 bits per heavy atom. The van der Waals surface area contributed by atoms with Crippen molar-refractivity contribution in [2.45, 2.75) is 25.9 Å². The maximum absolute atomic E-state index is 13.3. The quantitative estimate of drug-likeness (QED) is 0.927. The van der Waals surface area contributed by atoms with E-state index in [9.17, 15) is 8.78 Å². The van der Waals surface area contributed by atoms with E-state index in [1.807, 2.05) is 6.92 Å². The van der Waals surface area contributed by atoms with E-state index in [1.54, 1.807) is 6.07 Å². The highest BCUT2D eigenvalue weighted by Gasteiger charge is 2.17. The summed E-state index contributed by atoms with van der Waals surface area (Å²) >= 11 is 1.51. The molecule has 1 aliphatic rings. The van der Waals surface area contributed by atoms with E-state index in [2.05, 4.69) is 10.3 Å². The molecule has 1 aliphatic heterocycles. The molecule has 0 radical (unpaired) electrons. The summed E-state index contributed by atoms with van der Waals surface area (Å²) in [5, 5.41) is 4.04. The van der Waals surface area contributed by atoms with E-state index in [1.165, 1.54) is 17.4 Å². The van der Waals surface area contributed by atoms with Crippen molar-refractivity contribution in [2.24, 2.45) is 0 Å². The van der Waals surface area contributed by atoms with Gasteiger partial charge >= 0.3 is 0 Å². The number of rotatable bonds is 4. The molecule has 0 spiro atoms. The largest absolute Gasteiger partial charge is 0.376 e. The van der Waals surface area contributed by atoms with E-state index >= 15 is 0 Å². The van der Waals surface area contributed by atoms with Gasteiger partial charge in [0, 0.05) is 23.6 Å². The van der Waals surface area contributed by atoms with Gasteiger partial charge in [-0.05, 0) is 38.0 Å². The molecule has 112 valence electrons. The predicted octanol–water partition coefficient (Wildman–Crippen LogP) is 3.99. The lowest BCUT2D eigenvalue weighted by molar-refractivity contribution is 0.120. The molecule has 2 heterocycles. The van der Waals surface area contributed by atoms with Crippen molar-refractivity contribution in [3.8, 4) is 11.3 Å². The highest BCUT2D eigenvalue weighted by Crippen LogP contribution is 2.31. The first-order valence-corrected chi connectivity index (χ1v) is 7.73. The fraction of sp³-hybridized carbons (Fsp3) is 0.400. The number of halogens is 2. The molecule has 1 saturated heterocycles. The Kier molecular flexibility index (Phi) is 4.17. The van der Waals surface area contributed by atoms with Crippen LogP contribution in [0.1, 0.15) is 17.7 Å². The predicted molar refractivity (Wildman–Crippen MR) is 79.7 cm³/mol. The second kappa shape index (κ2) is 6.07. The summed E-state index contributed by atoms with van der Waals surface area (Å²) in [5.41, 5.74) is 1.28. The van der Waals surface area contributed by atoms with Crippen LogP contribution in [0.3, 0.4) is 0 Å². The smallest absolute Gasteiger partial charge is 0.183 e. The van der Waals surface area contributed by atoms with Gasteiger partial charge in [0.1, 0.15) is 0 Å². The van der Waals surface area contributed by atoms with Crippen molar-refractivity contribution in [1.82, 2.24) is 4.98 Å². The summed E-state index contributed by atoms with van der Waals surface area (Å²) in [6.45, 7) is 3.47. The van der Waals surface area contributed by atoms with Gasteiger partial charge in [0.25, 0.3) is 0 Å². The number of nitrogens with zero attached hydrogens (tertiary/aromatic N) is 1. The minimum Gasteiger partial charge on any atom is -0.376 e. The van der Waals surface area contributed by atoms with Gasteiger partial charge in [-0.25, -0.2) is 13.8 Å². The van der Waals surface area contributed by atoms with Gasteiger partial charge in [0.05, 0.1) is 11.8 Å². The molecule has 0 unspecified atom stereocenters. The van der Waals surface area contributed by atoms with Crippen molar-refractivity contribution in [1.29, 1.82) is 0 Å². The van der Waals surface area contributed by atoms with Crippen molar-refractivity contribution in [2.75, 3.05) is 18.5 Å². The Labute approximate surface area is 126 Å². The van der Waals surface area contributed by atoms with Crippen LogP contribution in [0, 0.1) is 18.6 Å². The fourth-order valence-electron chi connectivity index (χ4n) is 2.39. The summed E-state index contributed by atoms with van der Waals surface area (Å²) in [5.74, 6) is -1.70. The second-order valence-corrected chi connectivity index (χ2v) is 6.27. The van der Waals surface area contributed by atoms with Crippen LogP contribution in [-0.2, 0) is 4.74 Å². The molecule has 1 atom stereocenters. The first kappa shape index (κ1) is 14.4. The van der Waals surface area contributed by atoms with Gasteiger partial charge in [0.15, 0.2) is 16.8 Å². The van der Waals surface area contributed by atoms with Crippen LogP contribution < -0.4 is 5.32 Å². The first-order valence-electron chi connectivity index (χ1n) is 6.92. The minimum absolute atomic E-state index is 0.237. The molecule has 1 aromatic heterocycles. The van der Waals surface area contributed by atoms with E-state index in [4.69, 9.17) is 4.74 Å². The molecule has 0 saturated carbocycles. The van der Waals surface area contributed by atoms with Gasteiger partial charge in [-0.2, -0.15) is 0 Å². The lowest BCUT2D eigenvalue weighted by atomic mass is 10.1. The number of hydrogen-bond acceptors (Lipinski definition) is 4. The maximum atomic E-state index is 13.3. The average molecular weight is 310 g/mol. The number of thiazole rings is 1. The molecule has 1 fully saturated rings. The van der Waals surface area contributed by atoms with Crippen LogP contribution in [-0.4, -0.2) is 24.2 Å². The molecule has 0 aliphatic carbocycles. The third-order valence-corrected chi connectivity index (χ3v) is 4.42. The van der Waals surface area contributed by atoms with Gasteiger partial charge < -0.3 is 10.1 Å². The Hall–Kier alpha value is -1.53. The normalized spacial score (nSPS) is 18.1. The molecule has 3 nitrogen and oxygen atoms in total. The van der Waals surface area contributed by atoms with Crippen LogP contribution >= 0.6 is 11.3 Å². The van der Waals surface area contributed by atoms with Crippen LogP contribution in [0.25, 0.3) is 11.3 Å². The summed E-state index contributed by atoms with van der Waals surface area (Å²) in [7, 11) is 0. The van der Waals surface area contributed by atoms with Gasteiger partial charge in [-0.3, -0.25) is 0 Å². The number of benzene rings is 1. The van der Waals surface area contributed by atoms with Crippen LogP contribution in [0.4, 0.5) is 13.9 Å². The van der Waals surface area contributed by atoms with E-state index in [-0.39, 0.29) is 6.10 Å². The molecule has 1 aromatic carbocycles. The van der Waals surface area contributed by atoms with Crippen molar-refractivity contribution >= 4 is 16.5 Å². The fourth-order valence-corrected chi connectivity index (χ4v) is 3.23. The molecule has 21 heavy (non-hydrogen) atoms. The lowest BCUT2D eigenvalue weighted by Gasteiger charge is -2.09. The molecule has 2 aromatic rings. The number of ether oxygens (including phenoxy) is 1. The summed E-state index contributed by atoms with van der Waals surface area (Å²) in [4.78, 5) is 5.44. The Morgan fingerprint density at radius 2 is 2.24 bits per heavy atom. The van der Waals surface area contributed by atoms with Crippen LogP contribution in [0.15, 0.2) is 18.2 Å². The van der Waals surface area contributed by atoms with E-state index in [0.717, 1.165) is 42.1 Å². The molecule has 6 heteroatoms. The molecule has 0 amide bonds. The Morgan fingerprint density at radius 1 is 1.38 bits per heavy atom. The van der Waals surface area contributed by atoms with Crippen molar-refractivity contribution in [3.05, 3.63) is 34.7 Å². The molecule has 1 N–H and O–H groups in total. The molecular formula is C15H16F2N2OS. The number of nitrogens with one attached hydrogen (secondary N) is 1. The maximum Gasteiger partial charge on any atom is 0.183 e. The average Bonchev–Trinajstić information content (AvgIpc) is 3.09. The minimum atomic E-state index is -0.853. The zero-order valence-corrected chi connectivity index (χ0v) is 12.5. The van der Waals surface area contributed by atoms with Crippen molar-refractivity contribution in [3.63, 3.8) is 0 Å². The Balaban J connectivity index is 1.75. The number of anilines is 1. The molecule has 3 rings (SSSR count). The number of hydrogen-bond donors (Lipinski definition) is 1. The third kappa shape index (κ3) is 3.22. The van der Waals surface area contributed by atoms with Gasteiger partial charge in [-0.15, -0.1) is 11.3 Å². The zero-order chi connectivity index (χ0) is 14.8. The summed E-state index contributed by atoms with van der Waals surface area (Å²) in [6, 6.07) is 3.86. The SMILES string of the molecule is Cc1sc(NC[C@@H]2CCCO2)nc1-c1ccc(F)c(F)c1. The lowest BCUT2D eigenvalue weighted by Crippen LogP contribution is -2.18. The molecule has 0 bridgehead atoms. The second-order valence-electron chi connectivity index (χ2n) is 5.07. The Bertz CT molecular complexity index is 639. The number of aryl methyl sites for hydroxylation is 1. The molecular weight excluding hydrogens is 294 g/mol. The number of aromatic nitrogens is 1. The van der Waals surface area contributed by atoms with Crippen LogP contribution in [0.2, 0.25) is 0 Å². The summed E-state index contributed by atoms with van der Waals surface area (Å²) in [6.07, 6.45) is 2.40. The van der Waals surface area contributed by atoms with Gasteiger partial charge in [0.2, 0.25) is 0 Å². The van der Waals surface area contributed by atoms with E-state index in [0.29, 0.717) is 11.3 Å². The monoisotopic (exact) mass is 310 g/mol. The third-order valence-electron chi connectivity index (χ3n) is 3.49. The highest BCUT2D eigenvalue weighted by molar-refractivity contribution is 7.16. The first-order chi connectivity index (χ1) is 10.1. The van der Waals surface area contributed by atoms with Gasteiger partial charge in [-0.1, -0.05) is 0 Å². The van der Waals surface area contributed by atoms with Crippen molar-refractivity contribution < 1.29 is 13.5 Å². The summed E-state index contributed by atoms with van der Waals surface area (Å²) < 4.78 is 31.9. The van der Waals surface area contributed by atoms with Crippen LogP contribution in [0.5, 0.6) is 0 Å².